The molecule has 0 bridgehead atoms. The molecule has 1 N–H and O–H groups in total. The second-order valence-electron chi connectivity index (χ2n) is 6.79. The zero-order valence-electron chi connectivity index (χ0n) is 13.8. The van der Waals surface area contributed by atoms with Crippen molar-refractivity contribution in [1.82, 2.24) is 9.88 Å². The van der Waals surface area contributed by atoms with E-state index in [1.807, 2.05) is 30.3 Å². The van der Waals surface area contributed by atoms with Gasteiger partial charge in [0.1, 0.15) is 0 Å². The lowest BCUT2D eigenvalue weighted by atomic mass is 9.97. The minimum atomic E-state index is -0.0218. The average molecular weight is 322 g/mol. The zero-order valence-corrected chi connectivity index (χ0v) is 13.8. The van der Waals surface area contributed by atoms with Crippen molar-refractivity contribution < 1.29 is 4.79 Å². The third-order valence-corrected chi connectivity index (χ3v) is 5.22. The molecular weight excluding hydrogens is 300 g/mol. The molecule has 1 aliphatic heterocycles. The standard InChI is InChI=1S/C20H22N2O2/c23-18-13-16(14-7-2-1-3-8-14)19(17-11-6-12-22(17)18)20(24)21-15-9-4-5-10-15/h1-3,7-8,13,15H,4-6,9-12H2,(H,21,24). The number of carbonyl (C=O) groups is 1. The molecule has 2 aliphatic rings. The lowest BCUT2D eigenvalue weighted by molar-refractivity contribution is 0.0937. The number of fused-ring (bicyclic) bond motifs is 1. The van der Waals surface area contributed by atoms with Crippen LogP contribution in [0.5, 0.6) is 0 Å². The van der Waals surface area contributed by atoms with Crippen LogP contribution < -0.4 is 10.9 Å². The highest BCUT2D eigenvalue weighted by atomic mass is 16.2. The smallest absolute Gasteiger partial charge is 0.253 e. The van der Waals surface area contributed by atoms with Gasteiger partial charge in [0, 0.05) is 29.9 Å². The summed E-state index contributed by atoms with van der Waals surface area (Å²) in [5.41, 5.74) is 3.30. The summed E-state index contributed by atoms with van der Waals surface area (Å²) in [6.45, 7) is 0.715. The molecule has 0 atom stereocenters. The van der Waals surface area contributed by atoms with Crippen LogP contribution in [-0.2, 0) is 13.0 Å². The molecule has 2 heterocycles. The summed E-state index contributed by atoms with van der Waals surface area (Å²) in [5.74, 6) is -0.0218. The maximum absolute atomic E-state index is 13.0. The maximum Gasteiger partial charge on any atom is 0.253 e. The molecule has 124 valence electrons. The van der Waals surface area contributed by atoms with Gasteiger partial charge >= 0.3 is 0 Å². The first-order valence-corrected chi connectivity index (χ1v) is 8.87. The normalized spacial score (nSPS) is 17.0. The number of carbonyl (C=O) groups excluding carboxylic acids is 1. The molecule has 1 fully saturated rings. The molecule has 1 aromatic carbocycles. The number of pyridine rings is 1. The van der Waals surface area contributed by atoms with Crippen LogP contribution >= 0.6 is 0 Å². The first kappa shape index (κ1) is 15.2. The number of nitrogens with zero attached hydrogens (tertiary/aromatic N) is 1. The van der Waals surface area contributed by atoms with Gasteiger partial charge in [-0.15, -0.1) is 0 Å². The molecule has 1 saturated carbocycles. The second-order valence-corrected chi connectivity index (χ2v) is 6.79. The Hall–Kier alpha value is -2.36. The molecule has 4 heteroatoms. The Morgan fingerprint density at radius 1 is 1.08 bits per heavy atom. The number of hydrogen-bond acceptors (Lipinski definition) is 2. The Kier molecular flexibility index (Phi) is 3.97. The Balaban J connectivity index is 1.82. The molecule has 1 aliphatic carbocycles. The van der Waals surface area contributed by atoms with Crippen molar-refractivity contribution in [3.63, 3.8) is 0 Å². The van der Waals surface area contributed by atoms with Crippen molar-refractivity contribution in [2.75, 3.05) is 0 Å². The van der Waals surface area contributed by atoms with Gasteiger partial charge in [0.15, 0.2) is 0 Å². The van der Waals surface area contributed by atoms with Gasteiger partial charge in [-0.3, -0.25) is 9.59 Å². The van der Waals surface area contributed by atoms with Crippen molar-refractivity contribution in [3.8, 4) is 11.1 Å². The van der Waals surface area contributed by atoms with Gasteiger partial charge in [-0.1, -0.05) is 43.2 Å². The Bertz CT molecular complexity index is 818. The molecule has 1 aromatic heterocycles. The van der Waals surface area contributed by atoms with Crippen molar-refractivity contribution in [1.29, 1.82) is 0 Å². The van der Waals surface area contributed by atoms with E-state index in [1.165, 1.54) is 12.8 Å². The van der Waals surface area contributed by atoms with E-state index in [-0.39, 0.29) is 17.5 Å². The maximum atomic E-state index is 13.0. The summed E-state index contributed by atoms with van der Waals surface area (Å²) >= 11 is 0. The SMILES string of the molecule is O=C(NC1CCCC1)c1c(-c2ccccc2)cc(=O)n2c1CCC2. The van der Waals surface area contributed by atoms with Gasteiger partial charge in [0.05, 0.1) is 5.56 Å². The van der Waals surface area contributed by atoms with E-state index in [0.717, 1.165) is 42.5 Å². The predicted molar refractivity (Wildman–Crippen MR) is 94.2 cm³/mol. The Labute approximate surface area is 141 Å². The number of rotatable bonds is 3. The molecule has 4 nitrogen and oxygen atoms in total. The lowest BCUT2D eigenvalue weighted by Crippen LogP contribution is -2.35. The molecule has 1 amide bonds. The number of amides is 1. The second kappa shape index (κ2) is 6.27. The van der Waals surface area contributed by atoms with Crippen molar-refractivity contribution in [2.45, 2.75) is 51.1 Å². The predicted octanol–water partition coefficient (Wildman–Crippen LogP) is 3.13. The monoisotopic (exact) mass is 322 g/mol. The highest BCUT2D eigenvalue weighted by Crippen LogP contribution is 2.29. The topological polar surface area (TPSA) is 51.1 Å². The molecule has 2 aromatic rings. The number of benzene rings is 1. The summed E-state index contributed by atoms with van der Waals surface area (Å²) in [4.78, 5) is 25.5. The molecule has 0 spiro atoms. The van der Waals surface area contributed by atoms with E-state index in [2.05, 4.69) is 5.32 Å². The summed E-state index contributed by atoms with van der Waals surface area (Å²) in [7, 11) is 0. The van der Waals surface area contributed by atoms with Crippen molar-refractivity contribution in [2.24, 2.45) is 0 Å². The van der Waals surface area contributed by atoms with E-state index in [9.17, 15) is 9.59 Å². The molecular formula is C20H22N2O2. The van der Waals surface area contributed by atoms with Crippen molar-refractivity contribution >= 4 is 5.91 Å². The summed E-state index contributed by atoms with van der Waals surface area (Å²) in [6, 6.07) is 11.7. The highest BCUT2D eigenvalue weighted by molar-refractivity contribution is 6.02. The van der Waals surface area contributed by atoms with E-state index in [1.54, 1.807) is 10.6 Å². The third-order valence-electron chi connectivity index (χ3n) is 5.22. The fourth-order valence-electron chi connectivity index (χ4n) is 4.03. The Morgan fingerprint density at radius 2 is 1.83 bits per heavy atom. The van der Waals surface area contributed by atoms with Gasteiger partial charge in [-0.05, 0) is 31.2 Å². The molecule has 24 heavy (non-hydrogen) atoms. The first-order valence-electron chi connectivity index (χ1n) is 8.87. The Morgan fingerprint density at radius 3 is 2.58 bits per heavy atom. The minimum absolute atomic E-state index is 0.00114. The molecule has 4 rings (SSSR count). The summed E-state index contributed by atoms with van der Waals surface area (Å²) in [6.07, 6.45) is 6.20. The van der Waals surface area contributed by atoms with Gasteiger partial charge < -0.3 is 9.88 Å². The third kappa shape index (κ3) is 2.66. The van der Waals surface area contributed by atoms with Gasteiger partial charge in [0.2, 0.25) is 0 Å². The molecule has 0 saturated heterocycles. The number of aromatic nitrogens is 1. The van der Waals surface area contributed by atoms with E-state index >= 15 is 0 Å². The van der Waals surface area contributed by atoms with E-state index < -0.39 is 0 Å². The van der Waals surface area contributed by atoms with Crippen molar-refractivity contribution in [3.05, 3.63) is 58.0 Å². The minimum Gasteiger partial charge on any atom is -0.349 e. The number of hydrogen-bond donors (Lipinski definition) is 1. The number of nitrogens with one attached hydrogen (secondary N) is 1. The van der Waals surface area contributed by atoms with Crippen LogP contribution in [0.1, 0.15) is 48.2 Å². The largest absolute Gasteiger partial charge is 0.349 e. The van der Waals surface area contributed by atoms with E-state index in [0.29, 0.717) is 12.1 Å². The van der Waals surface area contributed by atoms with Crippen LogP contribution in [0.25, 0.3) is 11.1 Å². The van der Waals surface area contributed by atoms with Crippen LogP contribution in [-0.4, -0.2) is 16.5 Å². The fraction of sp³-hybridized carbons (Fsp3) is 0.400. The van der Waals surface area contributed by atoms with E-state index in [4.69, 9.17) is 0 Å². The van der Waals surface area contributed by atoms with Gasteiger partial charge in [0.25, 0.3) is 11.5 Å². The zero-order chi connectivity index (χ0) is 16.5. The highest BCUT2D eigenvalue weighted by Gasteiger charge is 2.27. The van der Waals surface area contributed by atoms with Crippen LogP contribution in [0.4, 0.5) is 0 Å². The summed E-state index contributed by atoms with van der Waals surface area (Å²) in [5, 5.41) is 3.20. The van der Waals surface area contributed by atoms with Gasteiger partial charge in [-0.25, -0.2) is 0 Å². The van der Waals surface area contributed by atoms with Crippen LogP contribution in [0.2, 0.25) is 0 Å². The first-order chi connectivity index (χ1) is 11.7. The molecule has 0 unspecified atom stereocenters. The fourth-order valence-corrected chi connectivity index (χ4v) is 4.03. The summed E-state index contributed by atoms with van der Waals surface area (Å²) < 4.78 is 1.77. The molecule has 0 radical (unpaired) electrons. The quantitative estimate of drug-likeness (QED) is 0.944. The van der Waals surface area contributed by atoms with Crippen LogP contribution in [0, 0.1) is 0 Å². The van der Waals surface area contributed by atoms with Gasteiger partial charge in [-0.2, -0.15) is 0 Å². The van der Waals surface area contributed by atoms with Crippen LogP contribution in [0.15, 0.2) is 41.2 Å². The average Bonchev–Trinajstić information content (AvgIpc) is 3.27. The lowest BCUT2D eigenvalue weighted by Gasteiger charge is -2.18. The van der Waals surface area contributed by atoms with Crippen LogP contribution in [0.3, 0.4) is 0 Å².